The number of allylic oxidation sites excluding steroid dienone is 4. The summed E-state index contributed by atoms with van der Waals surface area (Å²) in [5.74, 6) is 0.721. The highest BCUT2D eigenvalue weighted by molar-refractivity contribution is 5.94. The van der Waals surface area contributed by atoms with Crippen LogP contribution in [0.2, 0.25) is 0 Å². The molecule has 3 aromatic carbocycles. The van der Waals surface area contributed by atoms with Crippen LogP contribution in [0.25, 0.3) is 0 Å². The van der Waals surface area contributed by atoms with Gasteiger partial charge in [0, 0.05) is 30.5 Å². The van der Waals surface area contributed by atoms with Gasteiger partial charge in [0.1, 0.15) is 5.75 Å². The normalized spacial score (nSPS) is 18.2. The van der Waals surface area contributed by atoms with Gasteiger partial charge >= 0.3 is 5.97 Å². The molecule has 0 saturated carbocycles. The highest BCUT2D eigenvalue weighted by atomic mass is 16.5. The summed E-state index contributed by atoms with van der Waals surface area (Å²) in [6.07, 6.45) is 9.15. The second-order valence-electron chi connectivity index (χ2n) is 10.2. The summed E-state index contributed by atoms with van der Waals surface area (Å²) in [6, 6.07) is 24.3. The smallest absolute Gasteiger partial charge is 0.306 e. The van der Waals surface area contributed by atoms with Crippen molar-refractivity contribution in [3.05, 3.63) is 124 Å². The molecule has 1 unspecified atom stereocenters. The molecular formula is C34H35NO4. The lowest BCUT2D eigenvalue weighted by Crippen LogP contribution is -2.38. The van der Waals surface area contributed by atoms with E-state index in [1.54, 1.807) is 7.11 Å². The zero-order valence-electron chi connectivity index (χ0n) is 22.7. The third-order valence-corrected chi connectivity index (χ3v) is 7.83. The second kappa shape index (κ2) is 11.7. The second-order valence-corrected chi connectivity index (χ2v) is 10.2. The van der Waals surface area contributed by atoms with Gasteiger partial charge in [0.15, 0.2) is 0 Å². The minimum atomic E-state index is -0.387. The van der Waals surface area contributed by atoms with Crippen LogP contribution in [0.3, 0.4) is 0 Å². The summed E-state index contributed by atoms with van der Waals surface area (Å²) in [4.78, 5) is 27.3. The van der Waals surface area contributed by atoms with E-state index in [9.17, 15) is 9.59 Å². The van der Waals surface area contributed by atoms with Gasteiger partial charge in [-0.2, -0.15) is 0 Å². The van der Waals surface area contributed by atoms with Crippen molar-refractivity contribution in [3.8, 4) is 5.75 Å². The molecule has 0 fully saturated rings. The summed E-state index contributed by atoms with van der Waals surface area (Å²) in [6.45, 7) is 3.49. The third kappa shape index (κ3) is 5.53. The Kier molecular flexibility index (Phi) is 7.97. The Hall–Kier alpha value is -4.12. The molecule has 1 aliphatic heterocycles. The molecule has 5 rings (SSSR count). The predicted octanol–water partition coefficient (Wildman–Crippen LogP) is 6.41. The van der Waals surface area contributed by atoms with E-state index in [2.05, 4.69) is 48.6 Å². The van der Waals surface area contributed by atoms with Gasteiger partial charge < -0.3 is 14.4 Å². The van der Waals surface area contributed by atoms with Crippen LogP contribution in [0.15, 0.2) is 96.6 Å². The average molecular weight is 522 g/mol. The van der Waals surface area contributed by atoms with E-state index >= 15 is 0 Å². The fourth-order valence-electron chi connectivity index (χ4n) is 5.88. The first-order valence-electron chi connectivity index (χ1n) is 13.7. The number of hydrogen-bond acceptors (Lipinski definition) is 4. The summed E-state index contributed by atoms with van der Waals surface area (Å²) >= 11 is 0. The first-order valence-corrected chi connectivity index (χ1v) is 13.7. The molecule has 0 aromatic heterocycles. The van der Waals surface area contributed by atoms with Crippen molar-refractivity contribution in [2.45, 2.75) is 44.6 Å². The number of benzene rings is 3. The number of esters is 1. The molecule has 1 atom stereocenters. The van der Waals surface area contributed by atoms with E-state index in [4.69, 9.17) is 9.47 Å². The standard InChI is InChI=1S/C34H35NO4/c1-3-39-32(36)19-14-25-9-8-21-34(23-25,28-15-17-29(38-2)18-16-28)31-13-7-12-27-24-35(22-20-30(27)31)33(37)26-10-5-4-6-11-26/h4-13,15-18,21H,3,14,19-20,22-24H2,1-2H3. The van der Waals surface area contributed by atoms with Crippen LogP contribution in [-0.2, 0) is 27.9 Å². The van der Waals surface area contributed by atoms with Crippen molar-refractivity contribution in [2.75, 3.05) is 20.3 Å². The highest BCUT2D eigenvalue weighted by Gasteiger charge is 2.37. The number of carbonyl (C=O) groups is 2. The van der Waals surface area contributed by atoms with Gasteiger partial charge in [0.25, 0.3) is 5.91 Å². The van der Waals surface area contributed by atoms with Gasteiger partial charge in [0.05, 0.1) is 13.7 Å². The van der Waals surface area contributed by atoms with Crippen LogP contribution in [0.5, 0.6) is 5.75 Å². The van der Waals surface area contributed by atoms with Crippen molar-refractivity contribution in [1.29, 1.82) is 0 Å². The lowest BCUT2D eigenvalue weighted by atomic mass is 9.65. The van der Waals surface area contributed by atoms with Crippen LogP contribution < -0.4 is 4.74 Å². The van der Waals surface area contributed by atoms with Crippen molar-refractivity contribution >= 4 is 11.9 Å². The minimum absolute atomic E-state index is 0.0678. The van der Waals surface area contributed by atoms with E-state index in [1.807, 2.05) is 54.3 Å². The molecule has 1 heterocycles. The molecule has 5 heteroatoms. The van der Waals surface area contributed by atoms with Crippen LogP contribution in [-0.4, -0.2) is 37.0 Å². The Labute approximate surface area is 230 Å². The fourth-order valence-corrected chi connectivity index (χ4v) is 5.88. The van der Waals surface area contributed by atoms with Crippen LogP contribution >= 0.6 is 0 Å². The maximum Gasteiger partial charge on any atom is 0.306 e. The molecular weight excluding hydrogens is 486 g/mol. The lowest BCUT2D eigenvalue weighted by molar-refractivity contribution is -0.143. The molecule has 200 valence electrons. The zero-order chi connectivity index (χ0) is 27.2. The Bertz CT molecular complexity index is 1390. The van der Waals surface area contributed by atoms with E-state index in [0.29, 0.717) is 32.5 Å². The first-order chi connectivity index (χ1) is 19.0. The van der Waals surface area contributed by atoms with Crippen molar-refractivity contribution in [1.82, 2.24) is 4.90 Å². The van der Waals surface area contributed by atoms with Crippen LogP contribution in [0.1, 0.15) is 58.8 Å². The Morgan fingerprint density at radius 3 is 2.51 bits per heavy atom. The summed E-state index contributed by atoms with van der Waals surface area (Å²) in [5.41, 5.74) is 6.48. The summed E-state index contributed by atoms with van der Waals surface area (Å²) < 4.78 is 10.6. The van der Waals surface area contributed by atoms with Gasteiger partial charge in [-0.15, -0.1) is 0 Å². The van der Waals surface area contributed by atoms with Crippen molar-refractivity contribution in [2.24, 2.45) is 0 Å². The molecule has 5 nitrogen and oxygen atoms in total. The molecule has 2 aliphatic rings. The Morgan fingerprint density at radius 2 is 1.77 bits per heavy atom. The molecule has 1 aliphatic carbocycles. The molecule has 0 N–H and O–H groups in total. The fraction of sp³-hybridized carbons (Fsp3) is 0.294. The van der Waals surface area contributed by atoms with E-state index in [1.165, 1.54) is 27.8 Å². The maximum atomic E-state index is 13.2. The largest absolute Gasteiger partial charge is 0.497 e. The number of methoxy groups -OCH3 is 1. The van der Waals surface area contributed by atoms with Crippen molar-refractivity contribution < 1.29 is 19.1 Å². The Morgan fingerprint density at radius 1 is 0.974 bits per heavy atom. The molecule has 3 aromatic rings. The van der Waals surface area contributed by atoms with Crippen molar-refractivity contribution in [3.63, 3.8) is 0 Å². The first kappa shape index (κ1) is 26.5. The monoisotopic (exact) mass is 521 g/mol. The van der Waals surface area contributed by atoms with Gasteiger partial charge in [-0.1, -0.05) is 72.3 Å². The van der Waals surface area contributed by atoms with Gasteiger partial charge in [-0.3, -0.25) is 9.59 Å². The van der Waals surface area contributed by atoms with E-state index in [-0.39, 0.29) is 17.3 Å². The highest BCUT2D eigenvalue weighted by Crippen LogP contribution is 2.45. The Balaban J connectivity index is 1.50. The zero-order valence-corrected chi connectivity index (χ0v) is 22.7. The SMILES string of the molecule is CCOC(=O)CCC1=CC=CC(c2ccc(OC)cc2)(c2cccc3c2CCN(C(=O)c2ccccc2)C3)C1. The minimum Gasteiger partial charge on any atom is -0.497 e. The summed E-state index contributed by atoms with van der Waals surface area (Å²) in [5, 5.41) is 0. The molecule has 1 amide bonds. The number of carbonyl (C=O) groups excluding carboxylic acids is 2. The molecule has 0 radical (unpaired) electrons. The lowest BCUT2D eigenvalue weighted by Gasteiger charge is -2.39. The molecule has 0 bridgehead atoms. The number of amides is 1. The van der Waals surface area contributed by atoms with Crippen LogP contribution in [0.4, 0.5) is 0 Å². The average Bonchev–Trinajstić information content (AvgIpc) is 3.00. The quantitative estimate of drug-likeness (QED) is 0.322. The van der Waals surface area contributed by atoms with Gasteiger partial charge in [0.2, 0.25) is 0 Å². The third-order valence-electron chi connectivity index (χ3n) is 7.83. The molecule has 0 spiro atoms. The predicted molar refractivity (Wildman–Crippen MR) is 153 cm³/mol. The summed E-state index contributed by atoms with van der Waals surface area (Å²) in [7, 11) is 1.68. The number of rotatable bonds is 8. The van der Waals surface area contributed by atoms with Gasteiger partial charge in [-0.25, -0.2) is 0 Å². The number of nitrogens with zero attached hydrogens (tertiary/aromatic N) is 1. The van der Waals surface area contributed by atoms with E-state index in [0.717, 1.165) is 24.2 Å². The number of ether oxygens (including phenoxy) is 2. The van der Waals surface area contributed by atoms with Crippen LogP contribution in [0, 0.1) is 0 Å². The number of hydrogen-bond donors (Lipinski definition) is 0. The molecule has 0 saturated heterocycles. The van der Waals surface area contributed by atoms with Gasteiger partial charge in [-0.05, 0) is 72.7 Å². The maximum absolute atomic E-state index is 13.2. The topological polar surface area (TPSA) is 55.8 Å². The van der Waals surface area contributed by atoms with E-state index < -0.39 is 0 Å². The molecule has 39 heavy (non-hydrogen) atoms. The number of fused-ring (bicyclic) bond motifs is 1.